The summed E-state index contributed by atoms with van der Waals surface area (Å²) in [4.78, 5) is 41.7. The maximum absolute atomic E-state index is 13.2. The third-order valence-electron chi connectivity index (χ3n) is 7.64. The van der Waals surface area contributed by atoms with Crippen molar-refractivity contribution in [1.82, 2.24) is 20.1 Å². The van der Waals surface area contributed by atoms with Gasteiger partial charge in [-0.25, -0.2) is 0 Å². The van der Waals surface area contributed by atoms with Gasteiger partial charge in [-0.2, -0.15) is 0 Å². The minimum Gasteiger partial charge on any atom is -0.352 e. The molecule has 0 unspecified atom stereocenters. The van der Waals surface area contributed by atoms with E-state index in [9.17, 15) is 14.4 Å². The Hall–Kier alpha value is -2.93. The fraction of sp³-hybridized carbons (Fsp3) is 0.536. The van der Waals surface area contributed by atoms with Gasteiger partial charge in [0.2, 0.25) is 5.43 Å². The van der Waals surface area contributed by atoms with Crippen molar-refractivity contribution in [3.8, 4) is 0 Å². The van der Waals surface area contributed by atoms with Crippen LogP contribution in [-0.4, -0.2) is 47.0 Å². The maximum atomic E-state index is 13.2. The van der Waals surface area contributed by atoms with Crippen molar-refractivity contribution in [2.24, 2.45) is 5.92 Å². The molecule has 2 N–H and O–H groups in total. The minimum absolute atomic E-state index is 0.0104. The standard InChI is InChI=1S/C28H36N4O3/c33-26-24(27(34)29-15-20-7-3-1-4-8-20)18-32(23-11-12-23)19-25(26)28(35)30-22-13-14-31(17-22)16-21-9-5-2-6-10-21/h2,5-6,9-10,18-20,22-23H,1,3-4,7-8,11-17H2,(H,29,34)(H,30,35)/t22-/m1/s1. The van der Waals surface area contributed by atoms with Crippen LogP contribution in [0.15, 0.2) is 47.5 Å². The van der Waals surface area contributed by atoms with Gasteiger partial charge < -0.3 is 15.2 Å². The van der Waals surface area contributed by atoms with E-state index in [0.717, 1.165) is 51.7 Å². The molecule has 0 spiro atoms. The topological polar surface area (TPSA) is 83.4 Å². The summed E-state index contributed by atoms with van der Waals surface area (Å²) in [6.45, 7) is 3.09. The van der Waals surface area contributed by atoms with Crippen LogP contribution < -0.4 is 16.1 Å². The molecule has 186 valence electrons. The molecule has 2 saturated carbocycles. The number of hydrogen-bond donors (Lipinski definition) is 2. The average Bonchev–Trinajstić information content (AvgIpc) is 3.64. The van der Waals surface area contributed by atoms with E-state index >= 15 is 0 Å². The zero-order valence-corrected chi connectivity index (χ0v) is 20.4. The lowest BCUT2D eigenvalue weighted by atomic mass is 9.89. The Morgan fingerprint density at radius 2 is 1.60 bits per heavy atom. The van der Waals surface area contributed by atoms with Crippen LogP contribution in [0.3, 0.4) is 0 Å². The first-order valence-electron chi connectivity index (χ1n) is 13.2. The molecule has 2 amide bonds. The van der Waals surface area contributed by atoms with Crippen LogP contribution in [0, 0.1) is 5.92 Å². The third kappa shape index (κ3) is 6.01. The molecule has 1 atom stereocenters. The molecule has 3 aliphatic rings. The number of hydrogen-bond acceptors (Lipinski definition) is 4. The van der Waals surface area contributed by atoms with E-state index in [4.69, 9.17) is 0 Å². The van der Waals surface area contributed by atoms with Gasteiger partial charge in [-0.15, -0.1) is 0 Å². The van der Waals surface area contributed by atoms with Gasteiger partial charge in [-0.1, -0.05) is 49.6 Å². The summed E-state index contributed by atoms with van der Waals surface area (Å²) in [5, 5.41) is 6.04. The molecule has 2 aliphatic carbocycles. The largest absolute Gasteiger partial charge is 0.352 e. The predicted octanol–water partition coefficient (Wildman–Crippen LogP) is 3.50. The number of benzene rings is 1. The fourth-order valence-electron chi connectivity index (χ4n) is 5.43. The lowest BCUT2D eigenvalue weighted by Gasteiger charge is -2.21. The molecule has 1 saturated heterocycles. The zero-order chi connectivity index (χ0) is 24.2. The summed E-state index contributed by atoms with van der Waals surface area (Å²) in [5.41, 5.74) is 0.930. The summed E-state index contributed by atoms with van der Waals surface area (Å²) in [5.74, 6) is -0.261. The van der Waals surface area contributed by atoms with Crippen LogP contribution in [0.4, 0.5) is 0 Å². The van der Waals surface area contributed by atoms with Crippen molar-refractivity contribution in [3.63, 3.8) is 0 Å². The summed E-state index contributed by atoms with van der Waals surface area (Å²) < 4.78 is 1.89. The van der Waals surface area contributed by atoms with Crippen LogP contribution in [0.5, 0.6) is 0 Å². The maximum Gasteiger partial charge on any atom is 0.257 e. The number of likely N-dealkylation sites (tertiary alicyclic amines) is 1. The number of carbonyl (C=O) groups is 2. The van der Waals surface area contributed by atoms with Crippen LogP contribution in [0.2, 0.25) is 0 Å². The summed E-state index contributed by atoms with van der Waals surface area (Å²) >= 11 is 0. The van der Waals surface area contributed by atoms with Crippen molar-refractivity contribution < 1.29 is 9.59 Å². The Morgan fingerprint density at radius 1 is 0.886 bits per heavy atom. The molecule has 1 aromatic heterocycles. The molecule has 3 fully saturated rings. The number of carbonyl (C=O) groups excluding carboxylic acids is 2. The molecule has 2 heterocycles. The van der Waals surface area contributed by atoms with Gasteiger partial charge in [-0.3, -0.25) is 19.3 Å². The first-order chi connectivity index (χ1) is 17.1. The summed E-state index contributed by atoms with van der Waals surface area (Å²) in [6.07, 6.45) is 12.1. The number of aromatic nitrogens is 1. The van der Waals surface area contributed by atoms with E-state index < -0.39 is 5.43 Å². The van der Waals surface area contributed by atoms with Crippen molar-refractivity contribution >= 4 is 11.8 Å². The van der Waals surface area contributed by atoms with Gasteiger partial charge in [-0.05, 0) is 43.6 Å². The van der Waals surface area contributed by atoms with Gasteiger partial charge >= 0.3 is 0 Å². The van der Waals surface area contributed by atoms with Gasteiger partial charge in [0.15, 0.2) is 0 Å². The van der Waals surface area contributed by atoms with E-state index in [1.54, 1.807) is 12.4 Å². The van der Waals surface area contributed by atoms with Crippen LogP contribution in [0.25, 0.3) is 0 Å². The average molecular weight is 477 g/mol. The second kappa shape index (κ2) is 10.8. The smallest absolute Gasteiger partial charge is 0.257 e. The second-order valence-electron chi connectivity index (χ2n) is 10.5. The Kier molecular flexibility index (Phi) is 7.32. The van der Waals surface area contributed by atoms with Crippen LogP contribution in [0.1, 0.15) is 83.7 Å². The van der Waals surface area contributed by atoms with Gasteiger partial charge in [0.1, 0.15) is 11.1 Å². The lowest BCUT2D eigenvalue weighted by molar-refractivity contribution is 0.0935. The highest BCUT2D eigenvalue weighted by Gasteiger charge is 2.29. The molecule has 7 nitrogen and oxygen atoms in total. The predicted molar refractivity (Wildman–Crippen MR) is 135 cm³/mol. The number of rotatable bonds is 8. The van der Waals surface area contributed by atoms with Crippen molar-refractivity contribution in [3.05, 3.63) is 69.6 Å². The number of pyridine rings is 1. The SMILES string of the molecule is O=C(NCC1CCCCC1)c1cn(C2CC2)cc(C(=O)N[C@@H]2CCN(Cc3ccccc3)C2)c1=O. The highest BCUT2D eigenvalue weighted by molar-refractivity contribution is 5.99. The molecule has 1 aliphatic heterocycles. The second-order valence-corrected chi connectivity index (χ2v) is 10.5. The first kappa shape index (κ1) is 23.8. The Balaban J connectivity index is 1.25. The van der Waals surface area contributed by atoms with E-state index in [0.29, 0.717) is 12.5 Å². The number of amides is 2. The van der Waals surface area contributed by atoms with Crippen LogP contribution >= 0.6 is 0 Å². The molecule has 7 heteroatoms. The fourth-order valence-corrected chi connectivity index (χ4v) is 5.43. The van der Waals surface area contributed by atoms with Gasteiger partial charge in [0.25, 0.3) is 11.8 Å². The lowest BCUT2D eigenvalue weighted by Crippen LogP contribution is -2.41. The number of nitrogens with one attached hydrogen (secondary N) is 2. The zero-order valence-electron chi connectivity index (χ0n) is 20.4. The van der Waals surface area contributed by atoms with Crippen molar-refractivity contribution in [2.45, 2.75) is 70.0 Å². The van der Waals surface area contributed by atoms with Crippen molar-refractivity contribution in [1.29, 1.82) is 0 Å². The van der Waals surface area contributed by atoms with Gasteiger partial charge in [0.05, 0.1) is 0 Å². The minimum atomic E-state index is -0.473. The van der Waals surface area contributed by atoms with E-state index in [1.807, 2.05) is 22.8 Å². The Bertz CT molecular complexity index is 1100. The van der Waals surface area contributed by atoms with Gasteiger partial charge in [0, 0.05) is 50.7 Å². The number of nitrogens with zero attached hydrogens (tertiary/aromatic N) is 2. The van der Waals surface area contributed by atoms with E-state index in [1.165, 1.54) is 24.8 Å². The molecule has 0 bridgehead atoms. The highest BCUT2D eigenvalue weighted by Crippen LogP contribution is 2.34. The monoisotopic (exact) mass is 476 g/mol. The molecule has 35 heavy (non-hydrogen) atoms. The normalized spacial score (nSPS) is 21.1. The van der Waals surface area contributed by atoms with E-state index in [2.05, 4.69) is 27.7 Å². The van der Waals surface area contributed by atoms with Crippen molar-refractivity contribution in [2.75, 3.05) is 19.6 Å². The molecular formula is C28H36N4O3. The molecule has 5 rings (SSSR count). The van der Waals surface area contributed by atoms with E-state index in [-0.39, 0.29) is 35.0 Å². The Labute approximate surface area is 206 Å². The quantitative estimate of drug-likeness (QED) is 0.611. The summed E-state index contributed by atoms with van der Waals surface area (Å²) in [6, 6.07) is 10.6. The molecule has 2 aromatic rings. The third-order valence-corrected chi connectivity index (χ3v) is 7.64. The highest BCUT2D eigenvalue weighted by atomic mass is 16.2. The first-order valence-corrected chi connectivity index (χ1v) is 13.2. The Morgan fingerprint density at radius 3 is 2.31 bits per heavy atom. The molecule has 1 aromatic carbocycles. The van der Waals surface area contributed by atoms with Crippen LogP contribution in [-0.2, 0) is 6.54 Å². The molecule has 0 radical (unpaired) electrons. The molecular weight excluding hydrogens is 440 g/mol. The summed E-state index contributed by atoms with van der Waals surface area (Å²) in [7, 11) is 0.